The molecule has 5 rings (SSSR count). The van der Waals surface area contributed by atoms with Gasteiger partial charge in [0.2, 0.25) is 0 Å². The minimum absolute atomic E-state index is 0.173. The van der Waals surface area contributed by atoms with Crippen molar-refractivity contribution >= 4 is 6.08 Å². The van der Waals surface area contributed by atoms with E-state index >= 15 is 0 Å². The Morgan fingerprint density at radius 2 is 1.48 bits per heavy atom. The van der Waals surface area contributed by atoms with Gasteiger partial charge >= 0.3 is 158 Å². The monoisotopic (exact) mass is 399 g/mol. The molecule has 3 aromatic rings. The molecule has 0 nitrogen and oxygen atoms in total. The average Bonchev–Trinajstić information content (AvgIpc) is 3.21. The molecule has 1 heteroatoms. The second-order valence-electron chi connectivity index (χ2n) is 7.39. The molecule has 3 aromatic carbocycles. The van der Waals surface area contributed by atoms with E-state index in [1.807, 2.05) is 0 Å². The van der Waals surface area contributed by atoms with Gasteiger partial charge in [0.25, 0.3) is 0 Å². The number of fused-ring (bicyclic) bond motifs is 4. The molecular formula is C24H21Zr. The molecule has 0 radical (unpaired) electrons. The molecule has 1 unspecified atom stereocenters. The van der Waals surface area contributed by atoms with Crippen molar-refractivity contribution in [2.24, 2.45) is 0 Å². The molecule has 0 aromatic heterocycles. The topological polar surface area (TPSA) is 0 Å². The normalized spacial score (nSPS) is 19.4. The average molecular weight is 401 g/mol. The van der Waals surface area contributed by atoms with E-state index in [1.165, 1.54) is 22.3 Å². The van der Waals surface area contributed by atoms with Gasteiger partial charge in [0, 0.05) is 0 Å². The summed E-state index contributed by atoms with van der Waals surface area (Å²) in [4.78, 5) is 0. The van der Waals surface area contributed by atoms with Crippen LogP contribution in [0, 0.1) is 0 Å². The van der Waals surface area contributed by atoms with E-state index in [-0.39, 0.29) is 3.12 Å². The van der Waals surface area contributed by atoms with E-state index in [0.717, 1.165) is 6.42 Å². The van der Waals surface area contributed by atoms with Gasteiger partial charge in [-0.15, -0.1) is 0 Å². The van der Waals surface area contributed by atoms with E-state index < -0.39 is 21.8 Å². The first-order valence-corrected chi connectivity index (χ1v) is 15.2. The van der Waals surface area contributed by atoms with Crippen molar-refractivity contribution in [2.45, 2.75) is 18.8 Å². The molecule has 0 bridgehead atoms. The second kappa shape index (κ2) is 5.65. The molecule has 0 N–H and O–H groups in total. The zero-order chi connectivity index (χ0) is 17.0. The third-order valence-corrected chi connectivity index (χ3v) is 11.6. The summed E-state index contributed by atoms with van der Waals surface area (Å²) in [5.41, 5.74) is 10.5. The Morgan fingerprint density at radius 3 is 2.36 bits per heavy atom. The van der Waals surface area contributed by atoms with E-state index in [0.29, 0.717) is 0 Å². The first kappa shape index (κ1) is 15.5. The van der Waals surface area contributed by atoms with Crippen LogP contribution in [0.25, 0.3) is 17.2 Å². The molecule has 1 atom stereocenters. The summed E-state index contributed by atoms with van der Waals surface area (Å²) in [5.74, 6) is 0. The fraction of sp³-hybridized carbons (Fsp3) is 0.167. The van der Waals surface area contributed by atoms with Crippen molar-refractivity contribution in [1.29, 1.82) is 0 Å². The van der Waals surface area contributed by atoms with Crippen molar-refractivity contribution in [2.75, 3.05) is 0 Å². The van der Waals surface area contributed by atoms with E-state index in [9.17, 15) is 0 Å². The van der Waals surface area contributed by atoms with Gasteiger partial charge in [-0.1, -0.05) is 0 Å². The van der Waals surface area contributed by atoms with Crippen LogP contribution in [0.1, 0.15) is 27.8 Å². The number of hydrogen-bond acceptors (Lipinski definition) is 0. The molecule has 0 saturated heterocycles. The minimum atomic E-state index is -1.68. The Hall–Kier alpha value is -1.72. The summed E-state index contributed by atoms with van der Waals surface area (Å²) in [7, 11) is 0. The van der Waals surface area contributed by atoms with E-state index in [1.54, 1.807) is 16.7 Å². The van der Waals surface area contributed by atoms with Crippen molar-refractivity contribution < 1.29 is 21.8 Å². The van der Waals surface area contributed by atoms with Crippen LogP contribution in [-0.2, 0) is 31.3 Å². The summed E-state index contributed by atoms with van der Waals surface area (Å²) in [6.07, 6.45) is 5.98. The zero-order valence-corrected chi connectivity index (χ0v) is 17.2. The van der Waals surface area contributed by atoms with Gasteiger partial charge in [-0.2, -0.15) is 0 Å². The van der Waals surface area contributed by atoms with Gasteiger partial charge in [-0.3, -0.25) is 0 Å². The third-order valence-electron chi connectivity index (χ3n) is 5.96. The van der Waals surface area contributed by atoms with Crippen LogP contribution in [-0.4, -0.2) is 0 Å². The van der Waals surface area contributed by atoms with Crippen LogP contribution >= 0.6 is 0 Å². The molecule has 2 aliphatic carbocycles. The van der Waals surface area contributed by atoms with E-state index in [2.05, 4.69) is 88.1 Å². The summed E-state index contributed by atoms with van der Waals surface area (Å²) < 4.78 is 5.28. The molecule has 0 saturated carbocycles. The number of allylic oxidation sites excluding steroid dienone is 1. The summed E-state index contributed by atoms with van der Waals surface area (Å²) in [6, 6.07) is 24.9. The van der Waals surface area contributed by atoms with Crippen LogP contribution in [0.4, 0.5) is 0 Å². The third kappa shape index (κ3) is 2.09. The van der Waals surface area contributed by atoms with E-state index in [4.69, 9.17) is 0 Å². The molecule has 0 aliphatic heterocycles. The fourth-order valence-electron chi connectivity index (χ4n) is 4.77. The quantitative estimate of drug-likeness (QED) is 0.373. The molecule has 0 heterocycles. The van der Waals surface area contributed by atoms with Crippen molar-refractivity contribution in [3.63, 3.8) is 0 Å². The Balaban J connectivity index is 1.79. The Labute approximate surface area is 157 Å². The molecule has 0 fully saturated rings. The first-order valence-electron chi connectivity index (χ1n) is 9.02. The summed E-state index contributed by atoms with van der Waals surface area (Å²) in [6.45, 7) is 0. The van der Waals surface area contributed by atoms with Gasteiger partial charge in [0.1, 0.15) is 0 Å². The Kier molecular flexibility index (Phi) is 3.51. The number of hydrogen-bond donors (Lipinski definition) is 0. The van der Waals surface area contributed by atoms with Crippen molar-refractivity contribution in [3.8, 4) is 11.1 Å². The number of rotatable bonds is 2. The number of benzene rings is 3. The van der Waals surface area contributed by atoms with Crippen LogP contribution in [0.15, 0.2) is 72.8 Å². The van der Waals surface area contributed by atoms with Crippen LogP contribution in [0.3, 0.4) is 0 Å². The Bertz CT molecular complexity index is 1010. The predicted molar refractivity (Wildman–Crippen MR) is 103 cm³/mol. The van der Waals surface area contributed by atoms with Crippen LogP contribution < -0.4 is 0 Å². The maximum absolute atomic E-state index is 2.55. The van der Waals surface area contributed by atoms with Gasteiger partial charge in [0.05, 0.1) is 0 Å². The van der Waals surface area contributed by atoms with Gasteiger partial charge in [-0.05, 0) is 0 Å². The van der Waals surface area contributed by atoms with Gasteiger partial charge < -0.3 is 0 Å². The van der Waals surface area contributed by atoms with Crippen molar-refractivity contribution in [3.05, 3.63) is 101 Å². The molecule has 0 amide bonds. The maximum atomic E-state index is 2.55. The van der Waals surface area contributed by atoms with Gasteiger partial charge in [0.15, 0.2) is 0 Å². The van der Waals surface area contributed by atoms with Crippen LogP contribution in [0.2, 0.25) is 9.26 Å². The second-order valence-corrected chi connectivity index (χ2v) is 14.2. The summed E-state index contributed by atoms with van der Waals surface area (Å²) in [5, 5.41) is 0. The molecule has 25 heavy (non-hydrogen) atoms. The first-order chi connectivity index (χ1) is 12.2. The van der Waals surface area contributed by atoms with Gasteiger partial charge in [-0.25, -0.2) is 0 Å². The SMILES string of the molecule is [CH3][Zr]([CH3])[C]1(c2cccc3c2Cc2ccccc2-3)C=Cc2ccccc21. The Morgan fingerprint density at radius 1 is 0.760 bits per heavy atom. The standard InChI is InChI=1S/C22H15.2CH3.Zr/c1-3-8-17-15(6-1)12-13-21(17)20-11-5-10-19-18-9-4-2-7-16(18)14-22(19)20;;;/h1-13H,14H2;2*1H3;. The molecular weight excluding hydrogens is 379 g/mol. The predicted octanol–water partition coefficient (Wildman–Crippen LogP) is 6.24. The zero-order valence-electron chi connectivity index (χ0n) is 14.7. The molecule has 2 aliphatic rings. The van der Waals surface area contributed by atoms with Crippen LogP contribution in [0.5, 0.6) is 0 Å². The van der Waals surface area contributed by atoms with Crippen molar-refractivity contribution in [1.82, 2.24) is 0 Å². The fourth-order valence-corrected chi connectivity index (χ4v) is 9.58. The summed E-state index contributed by atoms with van der Waals surface area (Å²) >= 11 is -1.68. The molecule has 0 spiro atoms. The molecule has 121 valence electrons.